The maximum atomic E-state index is 6.04. The molecule has 0 amide bonds. The Morgan fingerprint density at radius 2 is 2.22 bits per heavy atom. The van der Waals surface area contributed by atoms with Gasteiger partial charge in [0.25, 0.3) is 0 Å². The molecule has 1 aliphatic heterocycles. The molecule has 18 heavy (non-hydrogen) atoms. The highest BCUT2D eigenvalue weighted by atomic mass is 16.5. The second-order valence-corrected chi connectivity index (χ2v) is 5.56. The minimum Gasteiger partial charge on any atom is -0.367 e. The summed E-state index contributed by atoms with van der Waals surface area (Å²) in [5.74, 6) is 1.19. The smallest absolute Gasteiger partial charge is 0.246 e. The fourth-order valence-electron chi connectivity index (χ4n) is 2.21. The number of nitrogens with zero attached hydrogens (tertiary/aromatic N) is 3. The fourth-order valence-corrected chi connectivity index (χ4v) is 2.21. The Bertz CT molecular complexity index is 427. The zero-order valence-electron chi connectivity index (χ0n) is 10.9. The molecule has 2 fully saturated rings. The van der Waals surface area contributed by atoms with Gasteiger partial charge in [-0.15, -0.1) is 0 Å². The van der Waals surface area contributed by atoms with E-state index in [2.05, 4.69) is 28.9 Å². The van der Waals surface area contributed by atoms with Crippen LogP contribution in [0.4, 0.5) is 0 Å². The molecule has 6 heteroatoms. The van der Waals surface area contributed by atoms with Gasteiger partial charge in [-0.05, 0) is 26.7 Å². The summed E-state index contributed by atoms with van der Waals surface area (Å²) >= 11 is 0. The minimum absolute atomic E-state index is 0.0963. The molecule has 1 aromatic rings. The third kappa shape index (κ3) is 2.15. The lowest BCUT2D eigenvalue weighted by Crippen LogP contribution is -2.42. The van der Waals surface area contributed by atoms with Crippen molar-refractivity contribution in [2.75, 3.05) is 19.7 Å². The first kappa shape index (κ1) is 12.1. The maximum Gasteiger partial charge on any atom is 0.246 e. The summed E-state index contributed by atoms with van der Waals surface area (Å²) in [5.41, 5.74) is 5.68. The van der Waals surface area contributed by atoms with Crippen LogP contribution in [-0.2, 0) is 10.3 Å². The lowest BCUT2D eigenvalue weighted by atomic mass is 10.2. The van der Waals surface area contributed by atoms with Gasteiger partial charge < -0.3 is 15.0 Å². The quantitative estimate of drug-likeness (QED) is 0.857. The molecule has 1 saturated heterocycles. The highest BCUT2D eigenvalue weighted by Crippen LogP contribution is 2.42. The summed E-state index contributed by atoms with van der Waals surface area (Å²) in [6, 6.07) is 0.507. The van der Waals surface area contributed by atoms with Crippen molar-refractivity contribution < 1.29 is 9.26 Å². The molecular weight excluding hydrogens is 232 g/mol. The van der Waals surface area contributed by atoms with E-state index >= 15 is 0 Å². The molecule has 1 aromatic heterocycles. The summed E-state index contributed by atoms with van der Waals surface area (Å²) in [4.78, 5) is 6.77. The molecule has 1 unspecified atom stereocenters. The van der Waals surface area contributed by atoms with E-state index in [9.17, 15) is 0 Å². The number of nitrogens with two attached hydrogens (primary N) is 1. The second-order valence-electron chi connectivity index (χ2n) is 5.56. The van der Waals surface area contributed by atoms with Gasteiger partial charge >= 0.3 is 0 Å². The third-order valence-corrected chi connectivity index (χ3v) is 3.77. The Kier molecular flexibility index (Phi) is 2.88. The summed E-state index contributed by atoms with van der Waals surface area (Å²) in [7, 11) is 0. The molecule has 1 saturated carbocycles. The monoisotopic (exact) mass is 252 g/mol. The first-order valence-electron chi connectivity index (χ1n) is 6.57. The van der Waals surface area contributed by atoms with Gasteiger partial charge in [0.2, 0.25) is 11.7 Å². The largest absolute Gasteiger partial charge is 0.367 e. The van der Waals surface area contributed by atoms with E-state index in [-0.39, 0.29) is 11.6 Å². The van der Waals surface area contributed by atoms with Gasteiger partial charge in [-0.1, -0.05) is 5.16 Å². The molecule has 2 aliphatic rings. The van der Waals surface area contributed by atoms with Crippen molar-refractivity contribution in [3.63, 3.8) is 0 Å². The molecule has 2 heterocycles. The molecule has 100 valence electrons. The van der Waals surface area contributed by atoms with Gasteiger partial charge in [-0.3, -0.25) is 4.90 Å². The summed E-state index contributed by atoms with van der Waals surface area (Å²) in [5, 5.41) is 4.02. The Hall–Kier alpha value is -0.980. The summed E-state index contributed by atoms with van der Waals surface area (Å²) in [6.07, 6.45) is 1.76. The Balaban J connectivity index is 1.72. The van der Waals surface area contributed by atoms with Crippen molar-refractivity contribution in [1.82, 2.24) is 15.0 Å². The first-order valence-corrected chi connectivity index (χ1v) is 6.57. The summed E-state index contributed by atoms with van der Waals surface area (Å²) in [6.45, 7) is 6.85. The van der Waals surface area contributed by atoms with Crippen molar-refractivity contribution in [3.8, 4) is 0 Å². The van der Waals surface area contributed by atoms with Crippen molar-refractivity contribution >= 4 is 0 Å². The van der Waals surface area contributed by atoms with Gasteiger partial charge in [0, 0.05) is 19.1 Å². The van der Waals surface area contributed by atoms with Crippen LogP contribution >= 0.6 is 0 Å². The van der Waals surface area contributed by atoms with E-state index in [1.807, 2.05) is 0 Å². The number of rotatable bonds is 3. The highest BCUT2D eigenvalue weighted by Gasteiger charge is 2.46. The standard InChI is InChI=1S/C12H20N4O2/c1-8(2)16-5-6-17-9(7-16)10-14-11(18-15-10)12(13)3-4-12/h8-9H,3-7,13H2,1-2H3. The molecule has 1 atom stereocenters. The van der Waals surface area contributed by atoms with Crippen LogP contribution in [-0.4, -0.2) is 40.8 Å². The van der Waals surface area contributed by atoms with E-state index in [0.717, 1.165) is 25.9 Å². The minimum atomic E-state index is -0.363. The molecule has 0 spiro atoms. The number of ether oxygens (including phenoxy) is 1. The maximum absolute atomic E-state index is 6.04. The summed E-state index contributed by atoms with van der Waals surface area (Å²) < 4.78 is 11.0. The van der Waals surface area contributed by atoms with E-state index in [1.165, 1.54) is 0 Å². The van der Waals surface area contributed by atoms with Gasteiger partial charge in [0.05, 0.1) is 12.1 Å². The number of hydrogen-bond acceptors (Lipinski definition) is 6. The average molecular weight is 252 g/mol. The molecule has 0 bridgehead atoms. The Morgan fingerprint density at radius 1 is 1.44 bits per heavy atom. The molecule has 2 N–H and O–H groups in total. The van der Waals surface area contributed by atoms with Crippen LogP contribution in [0.2, 0.25) is 0 Å². The molecule has 6 nitrogen and oxygen atoms in total. The predicted molar refractivity (Wildman–Crippen MR) is 64.8 cm³/mol. The van der Waals surface area contributed by atoms with Crippen LogP contribution in [0, 0.1) is 0 Å². The van der Waals surface area contributed by atoms with Crippen LogP contribution in [0.3, 0.4) is 0 Å². The molecule has 3 rings (SSSR count). The normalized spacial score (nSPS) is 27.7. The van der Waals surface area contributed by atoms with Gasteiger partial charge in [-0.25, -0.2) is 0 Å². The van der Waals surface area contributed by atoms with Crippen LogP contribution in [0.5, 0.6) is 0 Å². The number of hydrogen-bond donors (Lipinski definition) is 1. The van der Waals surface area contributed by atoms with E-state index in [4.69, 9.17) is 15.0 Å². The number of morpholine rings is 1. The van der Waals surface area contributed by atoms with Gasteiger partial charge in [-0.2, -0.15) is 4.98 Å². The highest BCUT2D eigenvalue weighted by molar-refractivity contribution is 5.12. The Labute approximate surface area is 106 Å². The lowest BCUT2D eigenvalue weighted by Gasteiger charge is -2.34. The zero-order chi connectivity index (χ0) is 12.8. The van der Waals surface area contributed by atoms with Crippen molar-refractivity contribution in [2.24, 2.45) is 5.73 Å². The van der Waals surface area contributed by atoms with Crippen molar-refractivity contribution in [2.45, 2.75) is 44.4 Å². The Morgan fingerprint density at radius 3 is 2.89 bits per heavy atom. The van der Waals surface area contributed by atoms with Crippen molar-refractivity contribution in [1.29, 1.82) is 0 Å². The van der Waals surface area contributed by atoms with Crippen LogP contribution in [0.15, 0.2) is 4.52 Å². The SMILES string of the molecule is CC(C)N1CCOC(c2noc(C3(N)CC3)n2)C1. The van der Waals surface area contributed by atoms with Gasteiger partial charge in [0.15, 0.2) is 0 Å². The molecule has 0 aromatic carbocycles. The van der Waals surface area contributed by atoms with E-state index in [0.29, 0.717) is 24.4 Å². The van der Waals surface area contributed by atoms with Crippen molar-refractivity contribution in [3.05, 3.63) is 11.7 Å². The first-order chi connectivity index (χ1) is 8.58. The zero-order valence-corrected chi connectivity index (χ0v) is 10.9. The van der Waals surface area contributed by atoms with Gasteiger partial charge in [0.1, 0.15) is 6.10 Å². The lowest BCUT2D eigenvalue weighted by molar-refractivity contribution is -0.0450. The molecule has 0 radical (unpaired) electrons. The second kappa shape index (κ2) is 4.29. The number of aromatic nitrogens is 2. The fraction of sp³-hybridized carbons (Fsp3) is 0.833. The molecule has 1 aliphatic carbocycles. The topological polar surface area (TPSA) is 77.4 Å². The van der Waals surface area contributed by atoms with Crippen LogP contribution in [0.25, 0.3) is 0 Å². The predicted octanol–water partition coefficient (Wildman–Crippen LogP) is 0.799. The van der Waals surface area contributed by atoms with E-state index < -0.39 is 0 Å². The molecular formula is C12H20N4O2. The van der Waals surface area contributed by atoms with E-state index in [1.54, 1.807) is 0 Å². The van der Waals surface area contributed by atoms with Crippen LogP contribution < -0.4 is 5.73 Å². The average Bonchev–Trinajstić information content (AvgIpc) is 2.94. The third-order valence-electron chi connectivity index (χ3n) is 3.77. The van der Waals surface area contributed by atoms with Crippen LogP contribution in [0.1, 0.15) is 44.5 Å².